The number of halogens is 3. The van der Waals surface area contributed by atoms with Gasteiger partial charge in [-0.15, -0.1) is 0 Å². The van der Waals surface area contributed by atoms with Crippen molar-refractivity contribution in [1.29, 1.82) is 0 Å². The van der Waals surface area contributed by atoms with Gasteiger partial charge in [-0.05, 0) is 44.5 Å². The molecule has 1 aliphatic heterocycles. The zero-order chi connectivity index (χ0) is 16.1. The number of hydrogen-bond acceptors (Lipinski definition) is 3. The van der Waals surface area contributed by atoms with E-state index in [0.29, 0.717) is 17.6 Å². The zero-order valence-electron chi connectivity index (χ0n) is 12.5. The van der Waals surface area contributed by atoms with E-state index in [1.807, 2.05) is 0 Å². The fraction of sp³-hybridized carbons (Fsp3) is 0.562. The monoisotopic (exact) mass is 347 g/mol. The van der Waals surface area contributed by atoms with Gasteiger partial charge in [0.1, 0.15) is 12.8 Å². The van der Waals surface area contributed by atoms with Crippen molar-refractivity contribution in [2.24, 2.45) is 0 Å². The van der Waals surface area contributed by atoms with Crippen molar-refractivity contribution >= 4 is 29.2 Å². The Balaban J connectivity index is 1.81. The largest absolute Gasteiger partial charge is 0.459 e. The van der Waals surface area contributed by atoms with Crippen molar-refractivity contribution in [3.63, 3.8) is 0 Å². The Kier molecular flexibility index (Phi) is 6.48. The van der Waals surface area contributed by atoms with Gasteiger partial charge in [-0.25, -0.2) is 9.18 Å². The van der Waals surface area contributed by atoms with E-state index in [4.69, 9.17) is 27.9 Å². The molecule has 1 fully saturated rings. The molecular weight excluding hydrogens is 328 g/mol. The molecule has 22 heavy (non-hydrogen) atoms. The van der Waals surface area contributed by atoms with Gasteiger partial charge in [-0.1, -0.05) is 29.6 Å². The van der Waals surface area contributed by atoms with Gasteiger partial charge in [0.15, 0.2) is 0 Å². The van der Waals surface area contributed by atoms with E-state index < -0.39 is 12.1 Å². The van der Waals surface area contributed by atoms with Gasteiger partial charge in [0.2, 0.25) is 0 Å². The lowest BCUT2D eigenvalue weighted by Gasteiger charge is -2.34. The number of alkyl halides is 1. The molecule has 1 aromatic rings. The Hall–Kier alpha value is -0.840. The first-order valence-corrected chi connectivity index (χ1v) is 8.23. The van der Waals surface area contributed by atoms with Gasteiger partial charge in [0.25, 0.3) is 0 Å². The number of benzene rings is 1. The normalized spacial score (nSPS) is 20.6. The Morgan fingerprint density at radius 2 is 2.18 bits per heavy atom. The molecule has 2 rings (SSSR count). The van der Waals surface area contributed by atoms with Crippen LogP contribution in [-0.4, -0.2) is 42.8 Å². The van der Waals surface area contributed by atoms with Crippen LogP contribution in [0.5, 0.6) is 0 Å². The zero-order valence-corrected chi connectivity index (χ0v) is 14.0. The lowest BCUT2D eigenvalue weighted by Crippen LogP contribution is -2.42. The van der Waals surface area contributed by atoms with Crippen LogP contribution in [0.3, 0.4) is 0 Å². The quantitative estimate of drug-likeness (QED) is 0.741. The Labute approximate surface area is 140 Å². The molecule has 0 N–H and O–H groups in total. The molecule has 0 amide bonds. The van der Waals surface area contributed by atoms with E-state index in [-0.39, 0.29) is 17.2 Å². The van der Waals surface area contributed by atoms with Gasteiger partial charge in [-0.3, -0.25) is 4.90 Å². The number of rotatable bonds is 5. The molecule has 0 aliphatic carbocycles. The molecule has 0 saturated carbocycles. The molecule has 0 bridgehead atoms. The second-order valence-corrected chi connectivity index (χ2v) is 6.48. The second-order valence-electron chi connectivity index (χ2n) is 5.66. The predicted molar refractivity (Wildman–Crippen MR) is 86.5 cm³/mol. The Bertz CT molecular complexity index is 527. The molecule has 0 aromatic heterocycles. The summed E-state index contributed by atoms with van der Waals surface area (Å²) >= 11 is 11.6. The van der Waals surface area contributed by atoms with Crippen LogP contribution in [0.15, 0.2) is 18.2 Å². The average molecular weight is 348 g/mol. The summed E-state index contributed by atoms with van der Waals surface area (Å²) in [5.74, 6) is -0.590. The van der Waals surface area contributed by atoms with Crippen molar-refractivity contribution in [3.05, 3.63) is 33.8 Å². The molecule has 6 heteroatoms. The van der Waals surface area contributed by atoms with Crippen molar-refractivity contribution in [3.8, 4) is 0 Å². The lowest BCUT2D eigenvalue weighted by molar-refractivity contribution is 0.0307. The van der Waals surface area contributed by atoms with E-state index in [2.05, 4.69) is 11.8 Å². The number of piperidine rings is 1. The molecular formula is C16H20Cl2FNO2. The molecule has 1 aromatic carbocycles. The van der Waals surface area contributed by atoms with Crippen LogP contribution in [0, 0.1) is 0 Å². The number of esters is 1. The first kappa shape index (κ1) is 17.5. The highest BCUT2D eigenvalue weighted by Gasteiger charge is 2.22. The van der Waals surface area contributed by atoms with E-state index in [0.717, 1.165) is 19.4 Å². The minimum atomic E-state index is -1.19. The third kappa shape index (κ3) is 4.83. The summed E-state index contributed by atoms with van der Waals surface area (Å²) in [7, 11) is 0. The minimum Gasteiger partial charge on any atom is -0.459 e. The highest BCUT2D eigenvalue weighted by Crippen LogP contribution is 2.23. The fourth-order valence-electron chi connectivity index (χ4n) is 2.61. The summed E-state index contributed by atoms with van der Waals surface area (Å²) in [6.07, 6.45) is 2.20. The molecule has 1 saturated heterocycles. The summed E-state index contributed by atoms with van der Waals surface area (Å²) in [4.78, 5) is 14.0. The maximum atomic E-state index is 14.0. The SMILES string of the molecule is CC1CCCCN1CC(F)COC(=O)c1ccc(Cl)c(Cl)c1. The van der Waals surface area contributed by atoms with Gasteiger partial charge in [-0.2, -0.15) is 0 Å². The lowest BCUT2D eigenvalue weighted by atomic mass is 10.0. The number of likely N-dealkylation sites (tertiary alicyclic amines) is 1. The van der Waals surface area contributed by atoms with E-state index in [1.165, 1.54) is 24.6 Å². The van der Waals surface area contributed by atoms with Crippen LogP contribution < -0.4 is 0 Å². The number of nitrogens with zero attached hydrogens (tertiary/aromatic N) is 1. The first-order valence-electron chi connectivity index (χ1n) is 7.47. The van der Waals surface area contributed by atoms with Crippen molar-refractivity contribution < 1.29 is 13.9 Å². The maximum absolute atomic E-state index is 14.0. The van der Waals surface area contributed by atoms with E-state index in [9.17, 15) is 9.18 Å². The van der Waals surface area contributed by atoms with Crippen LogP contribution >= 0.6 is 23.2 Å². The Morgan fingerprint density at radius 1 is 1.41 bits per heavy atom. The topological polar surface area (TPSA) is 29.5 Å². The maximum Gasteiger partial charge on any atom is 0.338 e. The molecule has 1 heterocycles. The minimum absolute atomic E-state index is 0.248. The van der Waals surface area contributed by atoms with Crippen LogP contribution in [-0.2, 0) is 4.74 Å². The average Bonchev–Trinajstić information content (AvgIpc) is 2.50. The summed E-state index contributed by atoms with van der Waals surface area (Å²) in [5, 5.41) is 0.635. The van der Waals surface area contributed by atoms with Gasteiger partial charge < -0.3 is 4.74 Å². The number of carbonyl (C=O) groups excluding carboxylic acids is 1. The Morgan fingerprint density at radius 3 is 2.86 bits per heavy atom. The van der Waals surface area contributed by atoms with Gasteiger partial charge >= 0.3 is 5.97 Å². The highest BCUT2D eigenvalue weighted by atomic mass is 35.5. The predicted octanol–water partition coefficient (Wildman–Crippen LogP) is 4.36. The molecule has 2 atom stereocenters. The third-order valence-electron chi connectivity index (χ3n) is 3.92. The van der Waals surface area contributed by atoms with Crippen LogP contribution in [0.25, 0.3) is 0 Å². The number of carbonyl (C=O) groups is 1. The van der Waals surface area contributed by atoms with Crippen LogP contribution in [0.1, 0.15) is 36.5 Å². The standard InChI is InChI=1S/C16H20Cl2FNO2/c1-11-4-2-3-7-20(11)9-13(19)10-22-16(21)12-5-6-14(17)15(18)8-12/h5-6,8,11,13H,2-4,7,9-10H2,1H3. The van der Waals surface area contributed by atoms with E-state index in [1.54, 1.807) is 0 Å². The smallest absolute Gasteiger partial charge is 0.338 e. The highest BCUT2D eigenvalue weighted by molar-refractivity contribution is 6.42. The summed E-state index contributed by atoms with van der Waals surface area (Å²) in [6, 6.07) is 4.84. The molecule has 1 aliphatic rings. The van der Waals surface area contributed by atoms with Gasteiger partial charge in [0, 0.05) is 12.6 Å². The van der Waals surface area contributed by atoms with Crippen LogP contribution in [0.4, 0.5) is 4.39 Å². The third-order valence-corrected chi connectivity index (χ3v) is 4.66. The van der Waals surface area contributed by atoms with Gasteiger partial charge in [0.05, 0.1) is 15.6 Å². The number of hydrogen-bond donors (Lipinski definition) is 0. The second kappa shape index (κ2) is 8.14. The van der Waals surface area contributed by atoms with Crippen molar-refractivity contribution in [2.45, 2.75) is 38.4 Å². The summed E-state index contributed by atoms with van der Waals surface area (Å²) in [6.45, 7) is 3.06. The molecule has 122 valence electrons. The molecule has 3 nitrogen and oxygen atoms in total. The van der Waals surface area contributed by atoms with Crippen LogP contribution in [0.2, 0.25) is 10.0 Å². The summed E-state index contributed by atoms with van der Waals surface area (Å²) < 4.78 is 19.0. The fourth-order valence-corrected chi connectivity index (χ4v) is 2.91. The molecule has 0 spiro atoms. The molecule has 2 unspecified atom stereocenters. The number of ether oxygens (including phenoxy) is 1. The molecule has 0 radical (unpaired) electrons. The first-order chi connectivity index (χ1) is 10.5. The van der Waals surface area contributed by atoms with Crippen molar-refractivity contribution in [2.75, 3.05) is 19.7 Å². The van der Waals surface area contributed by atoms with Crippen molar-refractivity contribution in [1.82, 2.24) is 4.90 Å². The summed E-state index contributed by atoms with van der Waals surface area (Å²) in [5.41, 5.74) is 0.271. The van der Waals surface area contributed by atoms with E-state index >= 15 is 0 Å².